The van der Waals surface area contributed by atoms with Gasteiger partial charge in [0.25, 0.3) is 9.84 Å². The molecule has 6 nitrogen and oxygen atoms in total. The fourth-order valence-corrected chi connectivity index (χ4v) is 1.07. The minimum absolute atomic E-state index is 1.87. The van der Waals surface area contributed by atoms with Gasteiger partial charge in [0.1, 0.15) is 0 Å². The van der Waals surface area contributed by atoms with Crippen molar-refractivity contribution in [3.8, 4) is 0 Å². The van der Waals surface area contributed by atoms with Crippen molar-refractivity contribution < 1.29 is 27.1 Å². The number of sulfone groups is 1. The molecule has 76 valence electrons. The summed E-state index contributed by atoms with van der Waals surface area (Å²) < 4.78 is 46.2. The molecule has 0 saturated heterocycles. The van der Waals surface area contributed by atoms with Crippen LogP contribution in [0.3, 0.4) is 0 Å². The van der Waals surface area contributed by atoms with E-state index in [0.29, 0.717) is 0 Å². The van der Waals surface area contributed by atoms with Crippen LogP contribution in [0.4, 0.5) is 8.78 Å². The third-order valence-corrected chi connectivity index (χ3v) is 2.53. The monoisotopic (exact) mass is 223 g/mol. The highest BCUT2D eigenvalue weighted by atomic mass is 32.2. The van der Waals surface area contributed by atoms with Crippen molar-refractivity contribution in [1.29, 1.82) is 0 Å². The SMILES string of the molecule is [C-]#[N+][C-]([N+]#[C-])S(=O)(=O)C(F)(F)C(=O)O. The van der Waals surface area contributed by atoms with Crippen LogP contribution in [0.5, 0.6) is 0 Å². The summed E-state index contributed by atoms with van der Waals surface area (Å²) in [5.41, 5.74) is -1.87. The van der Waals surface area contributed by atoms with Crippen molar-refractivity contribution in [2.45, 2.75) is 5.25 Å². The first kappa shape index (κ1) is 12.1. The number of carbonyl (C=O) groups is 1. The van der Waals surface area contributed by atoms with Crippen LogP contribution in [0.25, 0.3) is 9.69 Å². The maximum Gasteiger partial charge on any atom is 0.431 e. The quantitative estimate of drug-likeness (QED) is 0.700. The fourth-order valence-electron chi connectivity index (χ4n) is 0.375. The predicted octanol–water partition coefficient (Wildman–Crippen LogP) is 0.364. The summed E-state index contributed by atoms with van der Waals surface area (Å²) in [5.74, 6) is -2.93. The van der Waals surface area contributed by atoms with E-state index in [-0.39, 0.29) is 0 Å². The Labute approximate surface area is 77.3 Å². The molecule has 0 fully saturated rings. The Kier molecular flexibility index (Phi) is 3.01. The highest BCUT2D eigenvalue weighted by Crippen LogP contribution is 2.31. The zero-order valence-corrected chi connectivity index (χ0v) is 7.05. The van der Waals surface area contributed by atoms with Crippen molar-refractivity contribution in [3.63, 3.8) is 0 Å². The number of carboxylic acid groups (broad SMARTS) is 1. The molecule has 0 aromatic heterocycles. The summed E-state index contributed by atoms with van der Waals surface area (Å²) in [6.07, 6.45) is 0. The molecule has 0 unspecified atom stereocenters. The summed E-state index contributed by atoms with van der Waals surface area (Å²) in [4.78, 5) is 13.9. The third kappa shape index (κ3) is 1.58. The second kappa shape index (κ2) is 3.47. The lowest BCUT2D eigenvalue weighted by Crippen LogP contribution is -2.39. The van der Waals surface area contributed by atoms with Crippen LogP contribution in [0.15, 0.2) is 0 Å². The van der Waals surface area contributed by atoms with Gasteiger partial charge in [-0.1, -0.05) is 0 Å². The number of hydrogen-bond acceptors (Lipinski definition) is 3. The number of carboxylic acids is 1. The molecule has 0 amide bonds. The van der Waals surface area contributed by atoms with Crippen LogP contribution >= 0.6 is 0 Å². The Morgan fingerprint density at radius 1 is 1.36 bits per heavy atom. The first-order chi connectivity index (χ1) is 6.21. The highest BCUT2D eigenvalue weighted by Gasteiger charge is 2.57. The number of alkyl halides is 2. The lowest BCUT2D eigenvalue weighted by molar-refractivity contribution is -0.153. The van der Waals surface area contributed by atoms with E-state index < -0.39 is 26.6 Å². The first-order valence-corrected chi connectivity index (χ1v) is 4.17. The predicted molar refractivity (Wildman–Crippen MR) is 37.9 cm³/mol. The van der Waals surface area contributed by atoms with Gasteiger partial charge in [-0.25, -0.2) is 13.2 Å². The molecule has 0 aliphatic carbocycles. The van der Waals surface area contributed by atoms with Gasteiger partial charge in [0.2, 0.25) is 0 Å². The maximum atomic E-state index is 12.5. The summed E-state index contributed by atoms with van der Waals surface area (Å²) in [6.45, 7) is 12.2. The molecule has 0 aliphatic rings. The second-order valence-electron chi connectivity index (χ2n) is 1.83. The van der Waals surface area contributed by atoms with E-state index in [1.165, 1.54) is 0 Å². The lowest BCUT2D eigenvalue weighted by Gasteiger charge is -2.12. The molecule has 0 spiro atoms. The van der Waals surface area contributed by atoms with E-state index in [0.717, 1.165) is 0 Å². The van der Waals surface area contributed by atoms with Gasteiger partial charge in [-0.2, -0.15) is 8.78 Å². The molecule has 0 aromatic rings. The number of halogens is 2. The lowest BCUT2D eigenvalue weighted by atomic mass is 10.7. The van der Waals surface area contributed by atoms with E-state index in [2.05, 4.69) is 0 Å². The van der Waals surface area contributed by atoms with Crippen LogP contribution in [-0.4, -0.2) is 24.7 Å². The average Bonchev–Trinajstić information content (AvgIpc) is 2.05. The minimum atomic E-state index is -5.72. The number of hydrogen-bond donors (Lipinski definition) is 1. The molecule has 0 atom stereocenters. The number of aliphatic carboxylic acids is 1. The third-order valence-electron chi connectivity index (χ3n) is 1.02. The topological polar surface area (TPSA) is 80.2 Å². The van der Waals surface area contributed by atoms with E-state index in [4.69, 9.17) is 18.3 Å². The first-order valence-electron chi connectivity index (χ1n) is 2.69. The maximum absolute atomic E-state index is 12.5. The minimum Gasteiger partial charge on any atom is -0.476 e. The van der Waals surface area contributed by atoms with E-state index >= 15 is 0 Å². The summed E-state index contributed by atoms with van der Waals surface area (Å²) >= 11 is 0. The summed E-state index contributed by atoms with van der Waals surface area (Å²) in [5, 5.41) is 2.71. The van der Waals surface area contributed by atoms with Gasteiger partial charge in [0.05, 0.1) is 0 Å². The zero-order chi connectivity index (χ0) is 11.6. The highest BCUT2D eigenvalue weighted by molar-refractivity contribution is 7.96. The van der Waals surface area contributed by atoms with Gasteiger partial charge < -0.3 is 14.8 Å². The molecule has 0 aromatic carbocycles. The van der Waals surface area contributed by atoms with Gasteiger partial charge in [-0.05, 0) is 0 Å². The largest absolute Gasteiger partial charge is 0.476 e. The van der Waals surface area contributed by atoms with Crippen LogP contribution in [0.1, 0.15) is 0 Å². The van der Waals surface area contributed by atoms with Crippen molar-refractivity contribution in [2.75, 3.05) is 0 Å². The summed E-state index contributed by atoms with van der Waals surface area (Å²) in [7, 11) is -5.72. The van der Waals surface area contributed by atoms with Crippen molar-refractivity contribution in [3.05, 3.63) is 28.3 Å². The second-order valence-corrected chi connectivity index (χ2v) is 3.72. The molecule has 14 heavy (non-hydrogen) atoms. The van der Waals surface area contributed by atoms with Gasteiger partial charge >= 0.3 is 16.7 Å². The van der Waals surface area contributed by atoms with Crippen LogP contribution in [-0.2, 0) is 14.6 Å². The van der Waals surface area contributed by atoms with E-state index in [1.54, 1.807) is 0 Å². The Balaban J connectivity index is 5.54. The number of nitrogens with zero attached hydrogens (tertiary/aromatic N) is 2. The van der Waals surface area contributed by atoms with Crippen molar-refractivity contribution >= 4 is 15.8 Å². The molecular weight excluding hydrogens is 222 g/mol. The Morgan fingerprint density at radius 2 is 1.71 bits per heavy atom. The molecule has 9 heteroatoms. The molecular formula is C5HF2N2O4S-. The Bertz CT molecular complexity index is 416. The smallest absolute Gasteiger partial charge is 0.431 e. The van der Waals surface area contributed by atoms with Crippen LogP contribution < -0.4 is 0 Å². The van der Waals surface area contributed by atoms with Gasteiger partial charge in [0.15, 0.2) is 0 Å². The summed E-state index contributed by atoms with van der Waals surface area (Å²) in [6, 6.07) is 0. The molecule has 0 radical (unpaired) electrons. The fraction of sp³-hybridized carbons (Fsp3) is 0.200. The molecule has 0 heterocycles. The van der Waals surface area contributed by atoms with Gasteiger partial charge in [0, 0.05) is 0 Å². The number of rotatable bonds is 3. The normalized spacial score (nSPS) is 11.1. The van der Waals surface area contributed by atoms with Crippen molar-refractivity contribution in [2.24, 2.45) is 0 Å². The van der Waals surface area contributed by atoms with Crippen LogP contribution in [0.2, 0.25) is 0 Å². The Morgan fingerprint density at radius 3 is 1.93 bits per heavy atom. The molecule has 1 N–H and O–H groups in total. The molecule has 0 aliphatic heterocycles. The molecule has 0 saturated carbocycles. The average molecular weight is 223 g/mol. The Hall–Kier alpha value is -1.87. The van der Waals surface area contributed by atoms with E-state index in [1.807, 2.05) is 9.69 Å². The van der Waals surface area contributed by atoms with Crippen LogP contribution in [0, 0.1) is 18.6 Å². The van der Waals surface area contributed by atoms with E-state index in [9.17, 15) is 22.0 Å². The molecule has 0 rings (SSSR count). The van der Waals surface area contributed by atoms with Crippen molar-refractivity contribution in [1.82, 2.24) is 0 Å². The zero-order valence-electron chi connectivity index (χ0n) is 6.23. The standard InChI is InChI=1S/C5HF2N2O4S/c1-8-4(9-2)14(12,13)5(6,7)3(10)11/h(H,10,11)/q-1. The van der Waals surface area contributed by atoms with Gasteiger partial charge in [-0.3, -0.25) is 13.1 Å². The molecule has 0 bridgehead atoms. The van der Waals surface area contributed by atoms with Gasteiger partial charge in [-0.15, -0.1) is 0 Å².